The third-order valence-corrected chi connectivity index (χ3v) is 1.88. The summed E-state index contributed by atoms with van der Waals surface area (Å²) in [6.45, 7) is 0. The summed E-state index contributed by atoms with van der Waals surface area (Å²) in [5.74, 6) is -0.318. The summed E-state index contributed by atoms with van der Waals surface area (Å²) in [6, 6.07) is 12.3. The maximum atomic E-state index is 11.9. The fourth-order valence-corrected chi connectivity index (χ4v) is 1.29. The van der Waals surface area contributed by atoms with Crippen molar-refractivity contribution in [2.75, 3.05) is 0 Å². The monoisotopic (exact) mass is 211 g/mol. The first-order chi connectivity index (χ1) is 7.04. The van der Waals surface area contributed by atoms with E-state index in [0.717, 1.165) is 5.39 Å². The first-order valence-corrected chi connectivity index (χ1v) is 4.21. The van der Waals surface area contributed by atoms with E-state index >= 15 is 0 Å². The molecular formula is C11H6F3O. The van der Waals surface area contributed by atoms with Crippen molar-refractivity contribution in [1.29, 1.82) is 0 Å². The zero-order valence-corrected chi connectivity index (χ0v) is 7.51. The van der Waals surface area contributed by atoms with E-state index in [1.54, 1.807) is 24.3 Å². The lowest BCUT2D eigenvalue weighted by Crippen LogP contribution is -2.17. The summed E-state index contributed by atoms with van der Waals surface area (Å²) < 4.78 is 39.5. The van der Waals surface area contributed by atoms with Gasteiger partial charge in [-0.1, -0.05) is 24.3 Å². The molecule has 1 radical (unpaired) electrons. The maximum absolute atomic E-state index is 11.9. The average Bonchev–Trinajstić information content (AvgIpc) is 2.15. The lowest BCUT2D eigenvalue weighted by Gasteiger charge is -2.08. The van der Waals surface area contributed by atoms with Gasteiger partial charge in [-0.25, -0.2) is 0 Å². The van der Waals surface area contributed by atoms with Crippen molar-refractivity contribution >= 4 is 10.8 Å². The highest BCUT2D eigenvalue weighted by Gasteiger charge is 2.31. The average molecular weight is 211 g/mol. The molecule has 2 rings (SSSR count). The fraction of sp³-hybridized carbons (Fsp3) is 0.0909. The van der Waals surface area contributed by atoms with Crippen LogP contribution >= 0.6 is 0 Å². The lowest BCUT2D eigenvalue weighted by molar-refractivity contribution is -0.274. The zero-order valence-electron chi connectivity index (χ0n) is 7.51. The second-order valence-corrected chi connectivity index (χ2v) is 2.97. The Morgan fingerprint density at radius 3 is 2.40 bits per heavy atom. The normalized spacial score (nSPS) is 11.7. The van der Waals surface area contributed by atoms with Gasteiger partial charge in [-0.3, -0.25) is 0 Å². The zero-order chi connectivity index (χ0) is 10.9. The molecule has 0 aliphatic heterocycles. The highest BCUT2D eigenvalue weighted by atomic mass is 19.4. The summed E-state index contributed by atoms with van der Waals surface area (Å²) in [6.07, 6.45) is -4.67. The van der Waals surface area contributed by atoms with Crippen molar-refractivity contribution in [3.63, 3.8) is 0 Å². The predicted molar refractivity (Wildman–Crippen MR) is 49.5 cm³/mol. The summed E-state index contributed by atoms with van der Waals surface area (Å²) in [5, 5.41) is 1.52. The molecule has 0 aliphatic rings. The smallest absolute Gasteiger partial charge is 0.405 e. The van der Waals surface area contributed by atoms with Gasteiger partial charge in [-0.05, 0) is 22.9 Å². The fourth-order valence-electron chi connectivity index (χ4n) is 1.29. The Kier molecular flexibility index (Phi) is 2.26. The molecule has 0 atom stereocenters. The van der Waals surface area contributed by atoms with Gasteiger partial charge in [-0.2, -0.15) is 0 Å². The molecule has 0 heterocycles. The molecule has 0 bridgehead atoms. The van der Waals surface area contributed by atoms with Crippen LogP contribution in [-0.4, -0.2) is 6.36 Å². The number of alkyl halides is 3. The molecule has 0 N–H and O–H groups in total. The third kappa shape index (κ3) is 2.40. The maximum Gasteiger partial charge on any atom is 0.573 e. The van der Waals surface area contributed by atoms with Gasteiger partial charge in [0.2, 0.25) is 0 Å². The molecule has 0 saturated heterocycles. The molecule has 0 aromatic heterocycles. The van der Waals surface area contributed by atoms with Crippen LogP contribution in [0.25, 0.3) is 10.8 Å². The molecule has 2 aromatic rings. The first-order valence-electron chi connectivity index (χ1n) is 4.21. The van der Waals surface area contributed by atoms with Crippen LogP contribution in [0.1, 0.15) is 0 Å². The van der Waals surface area contributed by atoms with E-state index in [4.69, 9.17) is 0 Å². The summed E-state index contributed by atoms with van der Waals surface area (Å²) in [5.41, 5.74) is 0. The predicted octanol–water partition coefficient (Wildman–Crippen LogP) is 3.54. The molecule has 15 heavy (non-hydrogen) atoms. The van der Waals surface area contributed by atoms with Crippen molar-refractivity contribution in [3.05, 3.63) is 42.5 Å². The van der Waals surface area contributed by atoms with Crippen LogP contribution in [0.4, 0.5) is 13.2 Å². The second kappa shape index (κ2) is 3.46. The van der Waals surface area contributed by atoms with E-state index in [9.17, 15) is 13.2 Å². The van der Waals surface area contributed by atoms with Crippen LogP contribution in [0, 0.1) is 6.07 Å². The minimum atomic E-state index is -4.67. The lowest BCUT2D eigenvalue weighted by atomic mass is 10.1. The van der Waals surface area contributed by atoms with E-state index in [-0.39, 0.29) is 5.75 Å². The molecule has 4 heteroatoms. The molecule has 0 unspecified atom stereocenters. The minimum Gasteiger partial charge on any atom is -0.405 e. The highest BCUT2D eigenvalue weighted by molar-refractivity contribution is 5.83. The van der Waals surface area contributed by atoms with Crippen molar-refractivity contribution in [1.82, 2.24) is 0 Å². The van der Waals surface area contributed by atoms with Crippen molar-refractivity contribution in [2.45, 2.75) is 6.36 Å². The van der Waals surface area contributed by atoms with Gasteiger partial charge in [0.05, 0.1) is 0 Å². The van der Waals surface area contributed by atoms with Crippen molar-refractivity contribution < 1.29 is 17.9 Å². The van der Waals surface area contributed by atoms with E-state index in [1.807, 2.05) is 0 Å². The molecule has 0 saturated carbocycles. The molecule has 0 amide bonds. The van der Waals surface area contributed by atoms with Crippen LogP contribution < -0.4 is 4.74 Å². The molecule has 0 aliphatic carbocycles. The van der Waals surface area contributed by atoms with Gasteiger partial charge in [-0.15, -0.1) is 13.2 Å². The van der Waals surface area contributed by atoms with Gasteiger partial charge < -0.3 is 4.74 Å². The van der Waals surface area contributed by atoms with Crippen LogP contribution in [-0.2, 0) is 0 Å². The number of hydrogen-bond donors (Lipinski definition) is 0. The van der Waals surface area contributed by atoms with Crippen LogP contribution in [0.2, 0.25) is 0 Å². The first kappa shape index (κ1) is 9.83. The second-order valence-electron chi connectivity index (χ2n) is 2.97. The van der Waals surface area contributed by atoms with Crippen molar-refractivity contribution in [2.24, 2.45) is 0 Å². The molecule has 0 fully saturated rings. The third-order valence-electron chi connectivity index (χ3n) is 1.88. The number of fused-ring (bicyclic) bond motifs is 1. The van der Waals surface area contributed by atoms with Crippen molar-refractivity contribution in [3.8, 4) is 5.75 Å². The number of ether oxygens (including phenoxy) is 1. The van der Waals surface area contributed by atoms with Gasteiger partial charge in [0.15, 0.2) is 0 Å². The number of benzene rings is 2. The van der Waals surface area contributed by atoms with E-state index in [2.05, 4.69) is 10.8 Å². The topological polar surface area (TPSA) is 9.23 Å². The molecule has 0 spiro atoms. The minimum absolute atomic E-state index is 0.318. The van der Waals surface area contributed by atoms with Crippen LogP contribution in [0.15, 0.2) is 36.4 Å². The van der Waals surface area contributed by atoms with Crippen LogP contribution in [0.3, 0.4) is 0 Å². The summed E-state index contributed by atoms with van der Waals surface area (Å²) in [4.78, 5) is 0. The Bertz CT molecular complexity index is 476. The molecule has 2 aromatic carbocycles. The van der Waals surface area contributed by atoms with E-state index < -0.39 is 6.36 Å². The standard InChI is InChI=1S/C11H6F3O/c12-11(13,14)15-10-6-5-8-3-1-2-4-9(8)7-10/h1-5,7H. The van der Waals surface area contributed by atoms with Gasteiger partial charge in [0, 0.05) is 6.07 Å². The highest BCUT2D eigenvalue weighted by Crippen LogP contribution is 2.25. The Balaban J connectivity index is 2.39. The molecule has 1 nitrogen and oxygen atoms in total. The summed E-state index contributed by atoms with van der Waals surface area (Å²) >= 11 is 0. The van der Waals surface area contributed by atoms with E-state index in [0.29, 0.717) is 5.39 Å². The van der Waals surface area contributed by atoms with Gasteiger partial charge >= 0.3 is 6.36 Å². The SMILES string of the molecule is FC(F)(F)Oc1[c]cc2ccccc2c1. The summed E-state index contributed by atoms with van der Waals surface area (Å²) in [7, 11) is 0. The Labute approximate surface area is 84.1 Å². The van der Waals surface area contributed by atoms with Gasteiger partial charge in [0.25, 0.3) is 0 Å². The number of hydrogen-bond acceptors (Lipinski definition) is 1. The molecular weight excluding hydrogens is 205 g/mol. The Hall–Kier alpha value is -1.71. The van der Waals surface area contributed by atoms with E-state index in [1.165, 1.54) is 12.1 Å². The Morgan fingerprint density at radius 2 is 1.73 bits per heavy atom. The largest absolute Gasteiger partial charge is 0.573 e. The quantitative estimate of drug-likeness (QED) is 0.701. The van der Waals surface area contributed by atoms with Crippen LogP contribution in [0.5, 0.6) is 5.75 Å². The Morgan fingerprint density at radius 1 is 1.07 bits per heavy atom. The number of rotatable bonds is 1. The van der Waals surface area contributed by atoms with Gasteiger partial charge in [0.1, 0.15) is 5.75 Å². The molecule has 77 valence electrons. The number of halogens is 3.